The Morgan fingerprint density at radius 1 is 0.863 bits per heavy atom. The number of rotatable bonds is 10. The smallest absolute Gasteiger partial charge is 0.253 e. The first-order valence-corrected chi connectivity index (χ1v) is 17.8. The molecule has 3 atom stereocenters. The van der Waals surface area contributed by atoms with Crippen LogP contribution in [0.2, 0.25) is 5.02 Å². The number of hydrogen-bond donors (Lipinski definition) is 3. The fraction of sp³-hybridized carbons (Fsp3) is 0.286. The number of piperidine rings is 1. The molecule has 2 saturated heterocycles. The molecular formula is C42H42ClN3O5. The van der Waals surface area contributed by atoms with E-state index in [1.54, 1.807) is 24.5 Å². The summed E-state index contributed by atoms with van der Waals surface area (Å²) in [4.78, 5) is 18.9. The van der Waals surface area contributed by atoms with Crippen LogP contribution in [-0.2, 0) is 28.2 Å². The molecule has 2 fully saturated rings. The average molecular weight is 704 g/mol. The Kier molecular flexibility index (Phi) is 10.9. The van der Waals surface area contributed by atoms with Crippen molar-refractivity contribution in [2.24, 2.45) is 0 Å². The Morgan fingerprint density at radius 3 is 2.31 bits per heavy atom. The van der Waals surface area contributed by atoms with E-state index in [1.165, 1.54) is 0 Å². The molecule has 0 bridgehead atoms. The van der Waals surface area contributed by atoms with Gasteiger partial charge < -0.3 is 29.9 Å². The van der Waals surface area contributed by atoms with Gasteiger partial charge in [0.1, 0.15) is 0 Å². The number of carbonyl (C=O) groups is 1. The molecule has 51 heavy (non-hydrogen) atoms. The SMILES string of the molecule is O=C(NCc1cccc(-c2ccc([C@H]3O[C@@H](CN4CCC(O)(c5ccc(Cl)cc5)CC4)C[C@@H](c4ccc(CO)cc4)O3)cc2)c1)c1cccnc1. The third kappa shape index (κ3) is 8.56. The average Bonchev–Trinajstić information content (AvgIpc) is 3.18. The van der Waals surface area contributed by atoms with Crippen LogP contribution in [0.1, 0.15) is 69.8 Å². The quantitative estimate of drug-likeness (QED) is 0.140. The number of benzene rings is 4. The van der Waals surface area contributed by atoms with E-state index < -0.39 is 11.9 Å². The first-order chi connectivity index (χ1) is 24.8. The van der Waals surface area contributed by atoms with Crippen molar-refractivity contribution >= 4 is 17.5 Å². The minimum atomic E-state index is -0.869. The fourth-order valence-electron chi connectivity index (χ4n) is 6.95. The van der Waals surface area contributed by atoms with Crippen molar-refractivity contribution in [1.82, 2.24) is 15.2 Å². The first-order valence-electron chi connectivity index (χ1n) is 17.4. The predicted octanol–water partition coefficient (Wildman–Crippen LogP) is 7.35. The van der Waals surface area contributed by atoms with E-state index in [-0.39, 0.29) is 24.7 Å². The summed E-state index contributed by atoms with van der Waals surface area (Å²) < 4.78 is 13.3. The van der Waals surface area contributed by atoms with Crippen LogP contribution in [0.15, 0.2) is 122 Å². The number of pyridine rings is 1. The number of nitrogens with zero attached hydrogens (tertiary/aromatic N) is 2. The Bertz CT molecular complexity index is 1900. The zero-order valence-corrected chi connectivity index (χ0v) is 29.1. The van der Waals surface area contributed by atoms with Crippen molar-refractivity contribution in [3.05, 3.63) is 160 Å². The van der Waals surface area contributed by atoms with E-state index in [4.69, 9.17) is 21.1 Å². The van der Waals surface area contributed by atoms with Gasteiger partial charge in [0.15, 0.2) is 6.29 Å². The highest BCUT2D eigenvalue weighted by atomic mass is 35.5. The molecular weight excluding hydrogens is 662 g/mol. The van der Waals surface area contributed by atoms with Gasteiger partial charge in [0, 0.05) is 55.6 Å². The van der Waals surface area contributed by atoms with Crippen molar-refractivity contribution in [2.45, 2.75) is 56.5 Å². The lowest BCUT2D eigenvalue weighted by Crippen LogP contribution is -2.46. The van der Waals surface area contributed by atoms with Crippen LogP contribution in [0.4, 0.5) is 0 Å². The molecule has 9 heteroatoms. The largest absolute Gasteiger partial charge is 0.392 e. The number of hydrogen-bond acceptors (Lipinski definition) is 7. The van der Waals surface area contributed by atoms with E-state index in [1.807, 2.05) is 60.7 Å². The summed E-state index contributed by atoms with van der Waals surface area (Å²) in [5, 5.41) is 24.7. The number of likely N-dealkylation sites (tertiary alicyclic amines) is 1. The molecule has 1 aromatic heterocycles. The molecule has 4 aromatic carbocycles. The number of nitrogens with one attached hydrogen (secondary N) is 1. The molecule has 1 amide bonds. The molecule has 0 spiro atoms. The van der Waals surface area contributed by atoms with Gasteiger partial charge in [-0.1, -0.05) is 90.5 Å². The van der Waals surface area contributed by atoms with Crippen LogP contribution < -0.4 is 5.32 Å². The summed E-state index contributed by atoms with van der Waals surface area (Å²) in [6, 6.07) is 35.3. The molecule has 0 aliphatic carbocycles. The number of halogens is 1. The van der Waals surface area contributed by atoms with E-state index in [9.17, 15) is 15.0 Å². The van der Waals surface area contributed by atoms with E-state index >= 15 is 0 Å². The normalized spacial score (nSPS) is 20.5. The fourth-order valence-corrected chi connectivity index (χ4v) is 7.08. The second kappa shape index (κ2) is 15.9. The lowest BCUT2D eigenvalue weighted by molar-refractivity contribution is -0.253. The second-order valence-electron chi connectivity index (χ2n) is 13.4. The van der Waals surface area contributed by atoms with Gasteiger partial charge in [-0.25, -0.2) is 0 Å². The molecule has 2 aliphatic rings. The van der Waals surface area contributed by atoms with Crippen molar-refractivity contribution in [2.75, 3.05) is 19.6 Å². The lowest BCUT2D eigenvalue weighted by atomic mass is 9.84. The number of amides is 1. The van der Waals surface area contributed by atoms with Crippen LogP contribution >= 0.6 is 11.6 Å². The molecule has 3 heterocycles. The van der Waals surface area contributed by atoms with Crippen LogP contribution in [0, 0.1) is 0 Å². The zero-order chi connectivity index (χ0) is 35.2. The standard InChI is InChI=1S/C42H42ClN3O5/c43-37-16-14-36(15-17-37)42(49)18-21-46(22-19-42)27-38-24-39(32-8-6-29(28-47)7-9-32)51-41(50-38)33-12-10-31(11-13-33)34-4-1-3-30(23-34)25-45-40(48)35-5-2-20-44-26-35/h1-17,20,23,26,38-39,41,47,49H,18-19,21-22,24-25,27-28H2,(H,45,48)/t38-,39+,41+/m1/s1. The van der Waals surface area contributed by atoms with Gasteiger partial charge in [0.2, 0.25) is 0 Å². The summed E-state index contributed by atoms with van der Waals surface area (Å²) in [5.74, 6) is -0.161. The van der Waals surface area contributed by atoms with Gasteiger partial charge in [-0.2, -0.15) is 0 Å². The Hall–Kier alpha value is -4.41. The number of aliphatic hydroxyl groups excluding tert-OH is 1. The minimum Gasteiger partial charge on any atom is -0.392 e. The maximum atomic E-state index is 12.5. The van der Waals surface area contributed by atoms with Crippen LogP contribution in [0.5, 0.6) is 0 Å². The molecule has 2 aliphatic heterocycles. The molecule has 8 nitrogen and oxygen atoms in total. The van der Waals surface area contributed by atoms with Gasteiger partial charge in [0.25, 0.3) is 5.91 Å². The number of aliphatic hydroxyl groups is 2. The molecule has 262 valence electrons. The number of ether oxygens (including phenoxy) is 2. The Balaban J connectivity index is 1.03. The third-order valence-corrected chi connectivity index (χ3v) is 10.2. The van der Waals surface area contributed by atoms with E-state index in [0.717, 1.165) is 58.6 Å². The predicted molar refractivity (Wildman–Crippen MR) is 197 cm³/mol. The van der Waals surface area contributed by atoms with Gasteiger partial charge in [-0.3, -0.25) is 9.78 Å². The summed E-state index contributed by atoms with van der Waals surface area (Å²) in [7, 11) is 0. The topological polar surface area (TPSA) is 104 Å². The van der Waals surface area contributed by atoms with Gasteiger partial charge >= 0.3 is 0 Å². The van der Waals surface area contributed by atoms with Crippen molar-refractivity contribution in [3.63, 3.8) is 0 Å². The lowest BCUT2D eigenvalue weighted by Gasteiger charge is -2.42. The molecule has 0 saturated carbocycles. The Morgan fingerprint density at radius 2 is 1.61 bits per heavy atom. The Labute approximate surface area is 303 Å². The molecule has 5 aromatic rings. The number of aromatic nitrogens is 1. The highest BCUT2D eigenvalue weighted by Gasteiger charge is 2.37. The summed E-state index contributed by atoms with van der Waals surface area (Å²) >= 11 is 6.09. The minimum absolute atomic E-state index is 0.00715. The van der Waals surface area contributed by atoms with Crippen molar-refractivity contribution in [3.8, 4) is 11.1 Å². The maximum Gasteiger partial charge on any atom is 0.253 e. The van der Waals surface area contributed by atoms with Crippen LogP contribution in [0.25, 0.3) is 11.1 Å². The zero-order valence-electron chi connectivity index (χ0n) is 28.3. The van der Waals surface area contributed by atoms with Gasteiger partial charge in [-0.15, -0.1) is 0 Å². The van der Waals surface area contributed by atoms with Crippen molar-refractivity contribution in [1.29, 1.82) is 0 Å². The van der Waals surface area contributed by atoms with Crippen LogP contribution in [-0.4, -0.2) is 51.7 Å². The maximum absolute atomic E-state index is 12.5. The van der Waals surface area contributed by atoms with Gasteiger partial charge in [0.05, 0.1) is 30.0 Å². The monoisotopic (exact) mass is 703 g/mol. The highest BCUT2D eigenvalue weighted by Crippen LogP contribution is 2.40. The second-order valence-corrected chi connectivity index (χ2v) is 13.9. The van der Waals surface area contributed by atoms with E-state index in [2.05, 4.69) is 51.6 Å². The highest BCUT2D eigenvalue weighted by molar-refractivity contribution is 6.30. The third-order valence-electron chi connectivity index (χ3n) is 9.96. The molecule has 0 radical (unpaired) electrons. The van der Waals surface area contributed by atoms with Crippen LogP contribution in [0.3, 0.4) is 0 Å². The molecule has 3 N–H and O–H groups in total. The summed E-state index contributed by atoms with van der Waals surface area (Å²) in [6.45, 7) is 2.63. The molecule has 0 unspecified atom stereocenters. The first kappa shape index (κ1) is 35.0. The van der Waals surface area contributed by atoms with E-state index in [0.29, 0.717) is 36.4 Å². The molecule has 7 rings (SSSR count). The van der Waals surface area contributed by atoms with Gasteiger partial charge in [-0.05, 0) is 76.6 Å². The summed E-state index contributed by atoms with van der Waals surface area (Å²) in [5.41, 5.74) is 6.48. The van der Waals surface area contributed by atoms with Crippen molar-refractivity contribution < 1.29 is 24.5 Å². The summed E-state index contributed by atoms with van der Waals surface area (Å²) in [6.07, 6.45) is 4.32. The number of carbonyl (C=O) groups excluding carboxylic acids is 1.